The molecule has 1 aromatic heterocycles. The lowest BCUT2D eigenvalue weighted by molar-refractivity contribution is -0.0498. The smallest absolute Gasteiger partial charge is 0.387 e. The molecule has 3 nitrogen and oxygen atoms in total. The van der Waals surface area contributed by atoms with Crippen LogP contribution in [0.3, 0.4) is 0 Å². The van der Waals surface area contributed by atoms with Gasteiger partial charge < -0.3 is 9.15 Å². The van der Waals surface area contributed by atoms with Gasteiger partial charge >= 0.3 is 6.61 Å². The zero-order chi connectivity index (χ0) is 16.2. The van der Waals surface area contributed by atoms with E-state index in [4.69, 9.17) is 4.42 Å². The van der Waals surface area contributed by atoms with Gasteiger partial charge in [-0.15, -0.1) is 0 Å². The number of para-hydroxylation sites is 1. The molecule has 0 unspecified atom stereocenters. The topological polar surface area (TPSA) is 39.4 Å². The van der Waals surface area contributed by atoms with Gasteiger partial charge in [0.1, 0.15) is 11.3 Å². The van der Waals surface area contributed by atoms with Crippen LogP contribution in [0.2, 0.25) is 0 Å². The molecular weight excluding hydrogens is 302 g/mol. The van der Waals surface area contributed by atoms with Crippen molar-refractivity contribution in [2.75, 3.05) is 0 Å². The van der Waals surface area contributed by atoms with Gasteiger partial charge in [-0.1, -0.05) is 36.4 Å². The van der Waals surface area contributed by atoms with Crippen molar-refractivity contribution in [1.82, 2.24) is 0 Å². The third kappa shape index (κ3) is 3.63. The first-order chi connectivity index (χ1) is 11.1. The number of ether oxygens (including phenoxy) is 1. The van der Waals surface area contributed by atoms with Gasteiger partial charge in [0.05, 0.1) is 0 Å². The van der Waals surface area contributed by atoms with Gasteiger partial charge in [-0.25, -0.2) is 0 Å². The SMILES string of the molecule is O=C(C=Cc1ccc(OC(F)F)cc1)c1cc2ccccc2o1. The van der Waals surface area contributed by atoms with E-state index in [2.05, 4.69) is 4.74 Å². The predicted molar refractivity (Wildman–Crippen MR) is 82.7 cm³/mol. The number of furan rings is 1. The zero-order valence-corrected chi connectivity index (χ0v) is 11.9. The summed E-state index contributed by atoms with van der Waals surface area (Å²) < 4.78 is 33.9. The van der Waals surface area contributed by atoms with E-state index in [1.54, 1.807) is 30.3 Å². The molecule has 5 heteroatoms. The highest BCUT2D eigenvalue weighted by Gasteiger charge is 2.09. The normalized spacial score (nSPS) is 11.4. The average Bonchev–Trinajstić information content (AvgIpc) is 2.97. The first-order valence-electron chi connectivity index (χ1n) is 6.88. The van der Waals surface area contributed by atoms with Crippen molar-refractivity contribution >= 4 is 22.8 Å². The molecule has 0 bridgehead atoms. The van der Waals surface area contributed by atoms with Crippen LogP contribution in [0.1, 0.15) is 16.1 Å². The fourth-order valence-corrected chi connectivity index (χ4v) is 2.12. The average molecular weight is 314 g/mol. The number of fused-ring (bicyclic) bond motifs is 1. The zero-order valence-electron chi connectivity index (χ0n) is 11.9. The van der Waals surface area contributed by atoms with Gasteiger partial charge in [-0.2, -0.15) is 8.78 Å². The summed E-state index contributed by atoms with van der Waals surface area (Å²) in [6.07, 6.45) is 2.96. The molecule has 0 saturated heterocycles. The second kappa shape index (κ2) is 6.44. The van der Waals surface area contributed by atoms with Crippen LogP contribution in [0.15, 0.2) is 65.1 Å². The van der Waals surface area contributed by atoms with Crippen LogP contribution in [0.4, 0.5) is 8.78 Å². The fourth-order valence-electron chi connectivity index (χ4n) is 2.12. The van der Waals surface area contributed by atoms with Crippen LogP contribution in [0.25, 0.3) is 17.0 Å². The molecule has 0 aliphatic rings. The molecule has 0 saturated carbocycles. The maximum atomic E-state index is 12.1. The Morgan fingerprint density at radius 1 is 1.09 bits per heavy atom. The summed E-state index contributed by atoms with van der Waals surface area (Å²) in [6, 6.07) is 15.0. The monoisotopic (exact) mass is 314 g/mol. The molecule has 1 heterocycles. The van der Waals surface area contributed by atoms with E-state index in [1.165, 1.54) is 18.2 Å². The molecule has 0 aliphatic carbocycles. The number of carbonyl (C=O) groups is 1. The number of allylic oxidation sites excluding steroid dienone is 1. The van der Waals surface area contributed by atoms with Crippen LogP contribution in [0, 0.1) is 0 Å². The Kier molecular flexibility index (Phi) is 4.19. The molecule has 3 aromatic rings. The van der Waals surface area contributed by atoms with Gasteiger partial charge in [-0.05, 0) is 35.9 Å². The van der Waals surface area contributed by atoms with E-state index in [1.807, 2.05) is 18.2 Å². The van der Waals surface area contributed by atoms with Gasteiger partial charge in [0.2, 0.25) is 5.78 Å². The number of hydrogen-bond donors (Lipinski definition) is 0. The van der Waals surface area contributed by atoms with Crippen LogP contribution >= 0.6 is 0 Å². The first-order valence-corrected chi connectivity index (χ1v) is 6.88. The van der Waals surface area contributed by atoms with E-state index in [0.717, 1.165) is 5.39 Å². The molecular formula is C18H12F2O3. The molecule has 116 valence electrons. The van der Waals surface area contributed by atoms with E-state index >= 15 is 0 Å². The quantitative estimate of drug-likeness (QED) is 0.495. The molecule has 0 spiro atoms. The Labute approximate surface area is 130 Å². The van der Waals surface area contributed by atoms with E-state index < -0.39 is 6.61 Å². The lowest BCUT2D eigenvalue weighted by atomic mass is 10.1. The summed E-state index contributed by atoms with van der Waals surface area (Å²) in [5.41, 5.74) is 1.34. The van der Waals surface area contributed by atoms with Gasteiger partial charge in [0.25, 0.3) is 0 Å². The first kappa shape index (κ1) is 15.0. The molecule has 0 aliphatic heterocycles. The third-order valence-corrected chi connectivity index (χ3v) is 3.20. The van der Waals surface area contributed by atoms with Crippen molar-refractivity contribution in [2.24, 2.45) is 0 Å². The summed E-state index contributed by atoms with van der Waals surface area (Å²) in [7, 11) is 0. The minimum Gasteiger partial charge on any atom is -0.453 e. The number of ketones is 1. The molecule has 0 N–H and O–H groups in total. The minimum atomic E-state index is -2.86. The second-order valence-electron chi connectivity index (χ2n) is 4.79. The van der Waals surface area contributed by atoms with Crippen molar-refractivity contribution < 1.29 is 22.7 Å². The summed E-state index contributed by atoms with van der Waals surface area (Å²) in [5.74, 6) is 0.0509. The number of carbonyl (C=O) groups excluding carboxylic acids is 1. The Morgan fingerprint density at radius 3 is 2.52 bits per heavy atom. The highest BCUT2D eigenvalue weighted by Crippen LogP contribution is 2.20. The van der Waals surface area contributed by atoms with E-state index in [9.17, 15) is 13.6 Å². The highest BCUT2D eigenvalue weighted by molar-refractivity contribution is 6.06. The largest absolute Gasteiger partial charge is 0.453 e. The van der Waals surface area contributed by atoms with E-state index in [-0.39, 0.29) is 17.3 Å². The summed E-state index contributed by atoms with van der Waals surface area (Å²) in [5, 5.41) is 0.859. The summed E-state index contributed by atoms with van der Waals surface area (Å²) in [4.78, 5) is 12.1. The van der Waals surface area contributed by atoms with Crippen molar-refractivity contribution in [3.8, 4) is 5.75 Å². The molecule has 2 aromatic carbocycles. The maximum absolute atomic E-state index is 12.1. The standard InChI is InChI=1S/C18H12F2O3/c19-18(20)22-14-8-5-12(6-9-14)7-10-15(21)17-11-13-3-1-2-4-16(13)23-17/h1-11,18H. The lowest BCUT2D eigenvalue weighted by Crippen LogP contribution is -2.01. The molecule has 0 radical (unpaired) electrons. The van der Waals surface area contributed by atoms with Crippen LogP contribution in [-0.4, -0.2) is 12.4 Å². The maximum Gasteiger partial charge on any atom is 0.387 e. The lowest BCUT2D eigenvalue weighted by Gasteiger charge is -2.03. The highest BCUT2D eigenvalue weighted by atomic mass is 19.3. The summed E-state index contributed by atoms with van der Waals surface area (Å²) in [6.45, 7) is -2.86. The Morgan fingerprint density at radius 2 is 1.83 bits per heavy atom. The number of alkyl halides is 2. The predicted octanol–water partition coefficient (Wildman–Crippen LogP) is 4.93. The Balaban J connectivity index is 1.72. The number of halogens is 2. The van der Waals surface area contributed by atoms with Crippen LogP contribution < -0.4 is 4.74 Å². The Bertz CT molecular complexity index is 815. The Hall–Kier alpha value is -2.95. The van der Waals surface area contributed by atoms with Crippen molar-refractivity contribution in [2.45, 2.75) is 6.61 Å². The van der Waals surface area contributed by atoms with Crippen LogP contribution in [0.5, 0.6) is 5.75 Å². The minimum absolute atomic E-state index is 0.0701. The molecule has 23 heavy (non-hydrogen) atoms. The summed E-state index contributed by atoms with van der Waals surface area (Å²) >= 11 is 0. The molecule has 0 atom stereocenters. The molecule has 0 amide bonds. The van der Waals surface area contributed by atoms with Crippen molar-refractivity contribution in [3.05, 3.63) is 72.0 Å². The number of benzene rings is 2. The van der Waals surface area contributed by atoms with E-state index in [0.29, 0.717) is 11.1 Å². The van der Waals surface area contributed by atoms with Crippen molar-refractivity contribution in [3.63, 3.8) is 0 Å². The molecule has 3 rings (SSSR count). The molecule has 0 fully saturated rings. The number of hydrogen-bond acceptors (Lipinski definition) is 3. The van der Waals surface area contributed by atoms with Gasteiger partial charge in [-0.3, -0.25) is 4.79 Å². The third-order valence-electron chi connectivity index (χ3n) is 3.20. The fraction of sp³-hybridized carbons (Fsp3) is 0.0556. The van der Waals surface area contributed by atoms with Crippen LogP contribution in [-0.2, 0) is 0 Å². The van der Waals surface area contributed by atoms with Gasteiger partial charge in [0.15, 0.2) is 5.76 Å². The second-order valence-corrected chi connectivity index (χ2v) is 4.79. The number of rotatable bonds is 5. The van der Waals surface area contributed by atoms with Crippen molar-refractivity contribution in [1.29, 1.82) is 0 Å². The van der Waals surface area contributed by atoms with Gasteiger partial charge in [0, 0.05) is 5.39 Å².